The molecule has 0 atom stereocenters. The predicted octanol–water partition coefficient (Wildman–Crippen LogP) is 3.94. The number of thioether (sulfide) groups is 1. The van der Waals surface area contributed by atoms with Gasteiger partial charge in [-0.05, 0) is 26.8 Å². The van der Waals surface area contributed by atoms with Crippen molar-refractivity contribution in [3.05, 3.63) is 42.0 Å². The fraction of sp³-hybridized carbons (Fsp3) is 0.333. The summed E-state index contributed by atoms with van der Waals surface area (Å²) in [6, 6.07) is 8.37. The van der Waals surface area contributed by atoms with Gasteiger partial charge in [0.05, 0.1) is 0 Å². The SMILES string of the molecule is C=C(C)CSc1nnc(-c2cccc(C)c2)n1CC. The highest BCUT2D eigenvalue weighted by Crippen LogP contribution is 2.25. The number of hydrogen-bond donors (Lipinski definition) is 0. The summed E-state index contributed by atoms with van der Waals surface area (Å²) in [5.74, 6) is 1.82. The van der Waals surface area contributed by atoms with Gasteiger partial charge in [0.15, 0.2) is 11.0 Å². The Hall–Kier alpha value is -1.55. The van der Waals surface area contributed by atoms with Gasteiger partial charge in [-0.3, -0.25) is 0 Å². The van der Waals surface area contributed by atoms with Crippen molar-refractivity contribution in [3.63, 3.8) is 0 Å². The molecule has 0 radical (unpaired) electrons. The molecule has 0 unspecified atom stereocenters. The Morgan fingerprint density at radius 1 is 1.37 bits per heavy atom. The van der Waals surface area contributed by atoms with Gasteiger partial charge < -0.3 is 4.57 Å². The molecule has 0 aliphatic heterocycles. The van der Waals surface area contributed by atoms with Crippen LogP contribution in [0.2, 0.25) is 0 Å². The molecule has 1 heterocycles. The Morgan fingerprint density at radius 3 is 2.79 bits per heavy atom. The molecule has 0 aliphatic rings. The van der Waals surface area contributed by atoms with E-state index in [9.17, 15) is 0 Å². The van der Waals surface area contributed by atoms with Crippen LogP contribution in [0.25, 0.3) is 11.4 Å². The van der Waals surface area contributed by atoms with Gasteiger partial charge in [0, 0.05) is 17.9 Å². The Balaban J connectivity index is 2.34. The van der Waals surface area contributed by atoms with Gasteiger partial charge in [-0.25, -0.2) is 0 Å². The summed E-state index contributed by atoms with van der Waals surface area (Å²) in [5, 5.41) is 9.60. The second kappa shape index (κ2) is 6.06. The summed E-state index contributed by atoms with van der Waals surface area (Å²) in [4.78, 5) is 0. The normalized spacial score (nSPS) is 10.7. The first-order valence-electron chi connectivity index (χ1n) is 6.39. The third-order valence-corrected chi connectivity index (χ3v) is 3.95. The van der Waals surface area contributed by atoms with Crippen molar-refractivity contribution in [1.82, 2.24) is 14.8 Å². The second-order valence-corrected chi connectivity index (χ2v) is 5.61. The van der Waals surface area contributed by atoms with E-state index in [4.69, 9.17) is 0 Å². The number of hydrogen-bond acceptors (Lipinski definition) is 3. The number of benzene rings is 1. The van der Waals surface area contributed by atoms with Crippen molar-refractivity contribution >= 4 is 11.8 Å². The maximum absolute atomic E-state index is 4.34. The zero-order valence-electron chi connectivity index (χ0n) is 11.7. The largest absolute Gasteiger partial charge is 0.302 e. The monoisotopic (exact) mass is 273 g/mol. The summed E-state index contributed by atoms with van der Waals surface area (Å²) < 4.78 is 2.16. The van der Waals surface area contributed by atoms with Gasteiger partial charge in [0.1, 0.15) is 0 Å². The maximum Gasteiger partial charge on any atom is 0.191 e. The van der Waals surface area contributed by atoms with Gasteiger partial charge in [0.2, 0.25) is 0 Å². The zero-order valence-corrected chi connectivity index (χ0v) is 12.5. The van der Waals surface area contributed by atoms with E-state index in [-0.39, 0.29) is 0 Å². The molecule has 0 saturated carbocycles. The van der Waals surface area contributed by atoms with Gasteiger partial charge in [-0.1, -0.05) is 47.7 Å². The predicted molar refractivity (Wildman–Crippen MR) is 81.4 cm³/mol. The smallest absolute Gasteiger partial charge is 0.191 e. The molecule has 0 saturated heterocycles. The summed E-state index contributed by atoms with van der Waals surface area (Å²) >= 11 is 1.69. The topological polar surface area (TPSA) is 30.7 Å². The van der Waals surface area contributed by atoms with Crippen molar-refractivity contribution in [2.75, 3.05) is 5.75 Å². The average molecular weight is 273 g/mol. The van der Waals surface area contributed by atoms with Crippen LogP contribution in [0.4, 0.5) is 0 Å². The number of nitrogens with zero attached hydrogens (tertiary/aromatic N) is 3. The second-order valence-electron chi connectivity index (χ2n) is 4.67. The van der Waals surface area contributed by atoms with E-state index in [0.717, 1.165) is 34.4 Å². The number of rotatable bonds is 5. The highest BCUT2D eigenvalue weighted by molar-refractivity contribution is 7.99. The van der Waals surface area contributed by atoms with E-state index in [1.807, 2.05) is 6.92 Å². The molecule has 0 bridgehead atoms. The minimum atomic E-state index is 0.870. The highest BCUT2D eigenvalue weighted by Gasteiger charge is 2.12. The van der Waals surface area contributed by atoms with Gasteiger partial charge in [-0.15, -0.1) is 10.2 Å². The van der Waals surface area contributed by atoms with Crippen LogP contribution in [0.3, 0.4) is 0 Å². The lowest BCUT2D eigenvalue weighted by Crippen LogP contribution is -2.00. The molecule has 19 heavy (non-hydrogen) atoms. The van der Waals surface area contributed by atoms with Crippen LogP contribution in [0.1, 0.15) is 19.4 Å². The Labute approximate surface area is 118 Å². The first-order chi connectivity index (χ1) is 9.11. The third kappa shape index (κ3) is 3.26. The van der Waals surface area contributed by atoms with Crippen molar-refractivity contribution in [1.29, 1.82) is 0 Å². The van der Waals surface area contributed by atoms with Gasteiger partial charge in [-0.2, -0.15) is 0 Å². The Bertz CT molecular complexity index is 587. The van der Waals surface area contributed by atoms with Crippen molar-refractivity contribution in [3.8, 4) is 11.4 Å². The van der Waals surface area contributed by atoms with E-state index in [2.05, 4.69) is 59.5 Å². The molecule has 1 aromatic heterocycles. The van der Waals surface area contributed by atoms with Crippen LogP contribution < -0.4 is 0 Å². The molecule has 4 heteroatoms. The first-order valence-corrected chi connectivity index (χ1v) is 7.37. The third-order valence-electron chi connectivity index (χ3n) is 2.76. The van der Waals surface area contributed by atoms with Crippen LogP contribution in [0.15, 0.2) is 41.6 Å². The quantitative estimate of drug-likeness (QED) is 0.610. The Morgan fingerprint density at radius 2 is 2.16 bits per heavy atom. The molecule has 0 spiro atoms. The van der Waals surface area contributed by atoms with Crippen LogP contribution in [-0.4, -0.2) is 20.5 Å². The summed E-state index contributed by atoms with van der Waals surface area (Å²) in [7, 11) is 0. The highest BCUT2D eigenvalue weighted by atomic mass is 32.2. The molecule has 1 aromatic carbocycles. The van der Waals surface area contributed by atoms with Crippen molar-refractivity contribution in [2.24, 2.45) is 0 Å². The molecule has 0 aliphatic carbocycles. The fourth-order valence-corrected chi connectivity index (χ4v) is 2.71. The lowest BCUT2D eigenvalue weighted by Gasteiger charge is -2.07. The van der Waals surface area contributed by atoms with E-state index in [0.29, 0.717) is 0 Å². The molecule has 0 amide bonds. The minimum Gasteiger partial charge on any atom is -0.302 e. The van der Waals surface area contributed by atoms with Crippen LogP contribution in [0.5, 0.6) is 0 Å². The van der Waals surface area contributed by atoms with Crippen LogP contribution in [0, 0.1) is 6.92 Å². The number of aromatic nitrogens is 3. The molecular weight excluding hydrogens is 254 g/mol. The summed E-state index contributed by atoms with van der Waals surface area (Å²) in [6.07, 6.45) is 0. The minimum absolute atomic E-state index is 0.870. The molecule has 3 nitrogen and oxygen atoms in total. The van der Waals surface area contributed by atoms with Crippen molar-refractivity contribution < 1.29 is 0 Å². The number of aryl methyl sites for hydroxylation is 1. The van der Waals surface area contributed by atoms with Gasteiger partial charge >= 0.3 is 0 Å². The zero-order chi connectivity index (χ0) is 13.8. The molecule has 0 N–H and O–H groups in total. The standard InChI is InChI=1S/C15H19N3S/c1-5-18-14(13-8-6-7-12(4)9-13)16-17-15(18)19-10-11(2)3/h6-9H,2,5,10H2,1,3-4H3. The van der Waals surface area contributed by atoms with E-state index in [1.165, 1.54) is 5.56 Å². The summed E-state index contributed by atoms with van der Waals surface area (Å²) in [6.45, 7) is 11.0. The van der Waals surface area contributed by atoms with E-state index >= 15 is 0 Å². The van der Waals surface area contributed by atoms with Crippen LogP contribution >= 0.6 is 11.8 Å². The van der Waals surface area contributed by atoms with E-state index < -0.39 is 0 Å². The maximum atomic E-state index is 4.34. The van der Waals surface area contributed by atoms with E-state index in [1.54, 1.807) is 11.8 Å². The Kier molecular flexibility index (Phi) is 4.43. The van der Waals surface area contributed by atoms with Gasteiger partial charge in [0.25, 0.3) is 0 Å². The molecule has 2 aromatic rings. The summed E-state index contributed by atoms with van der Waals surface area (Å²) in [5.41, 5.74) is 3.50. The first kappa shape index (κ1) is 13.9. The average Bonchev–Trinajstić information content (AvgIpc) is 2.79. The lowest BCUT2D eigenvalue weighted by molar-refractivity contribution is 0.687. The molecule has 2 rings (SSSR count). The van der Waals surface area contributed by atoms with Crippen molar-refractivity contribution in [2.45, 2.75) is 32.5 Å². The molecular formula is C15H19N3S. The molecule has 0 fully saturated rings. The fourth-order valence-electron chi connectivity index (χ4n) is 1.87. The van der Waals surface area contributed by atoms with Crippen LogP contribution in [-0.2, 0) is 6.54 Å². The molecule has 100 valence electrons. The lowest BCUT2D eigenvalue weighted by atomic mass is 10.1.